The third-order valence-corrected chi connectivity index (χ3v) is 4.41. The first-order valence-corrected chi connectivity index (χ1v) is 10.1. The van der Waals surface area contributed by atoms with E-state index < -0.39 is 0 Å². The fourth-order valence-electron chi connectivity index (χ4n) is 2.28. The molecule has 152 valence electrons. The van der Waals surface area contributed by atoms with Gasteiger partial charge in [0.2, 0.25) is 5.91 Å². The highest BCUT2D eigenvalue weighted by Gasteiger charge is 2.20. The molecule has 1 saturated carbocycles. The van der Waals surface area contributed by atoms with Crippen molar-refractivity contribution < 1.29 is 9.53 Å². The molecule has 0 heterocycles. The van der Waals surface area contributed by atoms with Crippen LogP contribution in [0.25, 0.3) is 0 Å². The van der Waals surface area contributed by atoms with E-state index in [2.05, 4.69) is 36.9 Å². The van der Waals surface area contributed by atoms with Crippen molar-refractivity contribution in [1.29, 1.82) is 0 Å². The fourth-order valence-corrected chi connectivity index (χ4v) is 2.55. The number of benzene rings is 1. The Bertz CT molecular complexity index is 580. The van der Waals surface area contributed by atoms with Crippen LogP contribution < -0.4 is 16.0 Å². The quantitative estimate of drug-likeness (QED) is 0.169. The van der Waals surface area contributed by atoms with E-state index >= 15 is 0 Å². The SMILES string of the molecule is CCNC(=NCCCOCC1CC1)NCCC(=O)Nc1ccc(Br)cc1.I. The standard InChI is InChI=1S/C19H29BrN4O2.HI/c1-2-21-19(22-11-3-13-26-14-15-4-5-15)23-12-10-18(25)24-17-8-6-16(20)7-9-17;/h6-9,15H,2-5,10-14H2,1H3,(H,24,25)(H2,21,22,23);1H. The third kappa shape index (κ3) is 11.5. The minimum atomic E-state index is -0.0239. The molecule has 1 fully saturated rings. The van der Waals surface area contributed by atoms with Crippen molar-refractivity contribution >= 4 is 57.5 Å². The number of carbonyl (C=O) groups excluding carboxylic acids is 1. The molecule has 0 aromatic heterocycles. The molecule has 8 heteroatoms. The van der Waals surface area contributed by atoms with E-state index in [0.717, 1.165) is 48.2 Å². The Balaban J connectivity index is 0.00000364. The summed E-state index contributed by atoms with van der Waals surface area (Å²) in [6.45, 7) is 5.72. The van der Waals surface area contributed by atoms with Crippen molar-refractivity contribution in [2.45, 2.75) is 32.6 Å². The highest BCUT2D eigenvalue weighted by Crippen LogP contribution is 2.28. The lowest BCUT2D eigenvalue weighted by Crippen LogP contribution is -2.38. The van der Waals surface area contributed by atoms with Gasteiger partial charge in [0.1, 0.15) is 0 Å². The molecular weight excluding hydrogens is 523 g/mol. The molecule has 2 rings (SSSR count). The number of anilines is 1. The number of guanidine groups is 1. The van der Waals surface area contributed by atoms with Crippen LogP contribution in [0.1, 0.15) is 32.6 Å². The van der Waals surface area contributed by atoms with E-state index in [1.165, 1.54) is 12.8 Å². The second-order valence-electron chi connectivity index (χ2n) is 6.36. The van der Waals surface area contributed by atoms with Gasteiger partial charge in [-0.25, -0.2) is 0 Å². The number of nitrogens with zero attached hydrogens (tertiary/aromatic N) is 1. The van der Waals surface area contributed by atoms with Crippen LogP contribution in [0.3, 0.4) is 0 Å². The lowest BCUT2D eigenvalue weighted by Gasteiger charge is -2.11. The van der Waals surface area contributed by atoms with Crippen LogP contribution in [-0.2, 0) is 9.53 Å². The summed E-state index contributed by atoms with van der Waals surface area (Å²) in [5, 5.41) is 9.27. The first kappa shape index (κ1) is 24.2. The van der Waals surface area contributed by atoms with E-state index in [-0.39, 0.29) is 29.9 Å². The lowest BCUT2D eigenvalue weighted by atomic mass is 10.3. The summed E-state index contributed by atoms with van der Waals surface area (Å²) in [4.78, 5) is 16.5. The summed E-state index contributed by atoms with van der Waals surface area (Å²) in [6, 6.07) is 7.54. The van der Waals surface area contributed by atoms with Gasteiger partial charge >= 0.3 is 0 Å². The molecule has 1 aromatic rings. The summed E-state index contributed by atoms with van der Waals surface area (Å²) < 4.78 is 6.60. The van der Waals surface area contributed by atoms with Gasteiger partial charge in [0.05, 0.1) is 0 Å². The molecule has 0 bridgehead atoms. The zero-order valence-corrected chi connectivity index (χ0v) is 19.7. The zero-order chi connectivity index (χ0) is 18.6. The van der Waals surface area contributed by atoms with Crippen molar-refractivity contribution in [2.24, 2.45) is 10.9 Å². The molecule has 0 radical (unpaired) electrons. The van der Waals surface area contributed by atoms with Gasteiger partial charge in [-0.05, 0) is 56.4 Å². The highest BCUT2D eigenvalue weighted by atomic mass is 127. The molecule has 6 nitrogen and oxygen atoms in total. The van der Waals surface area contributed by atoms with Crippen LogP contribution in [-0.4, -0.2) is 44.7 Å². The van der Waals surface area contributed by atoms with Gasteiger partial charge in [-0.2, -0.15) is 0 Å². The second-order valence-corrected chi connectivity index (χ2v) is 7.28. The predicted molar refractivity (Wildman–Crippen MR) is 125 cm³/mol. The number of nitrogens with one attached hydrogen (secondary N) is 3. The Hall–Kier alpha value is -0.870. The first-order valence-electron chi connectivity index (χ1n) is 9.32. The zero-order valence-electron chi connectivity index (χ0n) is 15.8. The van der Waals surface area contributed by atoms with E-state index in [4.69, 9.17) is 4.74 Å². The van der Waals surface area contributed by atoms with Crippen LogP contribution in [0.5, 0.6) is 0 Å². The Morgan fingerprint density at radius 1 is 1.26 bits per heavy atom. The maximum absolute atomic E-state index is 12.0. The van der Waals surface area contributed by atoms with Crippen LogP contribution in [0, 0.1) is 5.92 Å². The minimum absolute atomic E-state index is 0. The second kappa shape index (κ2) is 14.2. The Labute approximate surface area is 187 Å². The molecule has 0 unspecified atom stereocenters. The molecule has 1 aliphatic carbocycles. The fraction of sp³-hybridized carbons (Fsp3) is 0.579. The molecular formula is C19H30BrIN4O2. The summed E-state index contributed by atoms with van der Waals surface area (Å²) in [5.41, 5.74) is 0.796. The molecule has 0 saturated heterocycles. The van der Waals surface area contributed by atoms with Gasteiger partial charge in [-0.1, -0.05) is 15.9 Å². The largest absolute Gasteiger partial charge is 0.381 e. The third-order valence-electron chi connectivity index (χ3n) is 3.88. The van der Waals surface area contributed by atoms with Gasteiger partial charge in [0.15, 0.2) is 5.96 Å². The molecule has 3 N–H and O–H groups in total. The summed E-state index contributed by atoms with van der Waals surface area (Å²) in [7, 11) is 0. The van der Waals surface area contributed by atoms with Crippen molar-refractivity contribution in [3.8, 4) is 0 Å². The molecule has 27 heavy (non-hydrogen) atoms. The van der Waals surface area contributed by atoms with Crippen molar-refractivity contribution in [3.05, 3.63) is 28.7 Å². The Kier molecular flexibility index (Phi) is 12.7. The van der Waals surface area contributed by atoms with E-state index in [0.29, 0.717) is 19.5 Å². The number of hydrogen-bond acceptors (Lipinski definition) is 3. The predicted octanol–water partition coefficient (Wildman–Crippen LogP) is 3.77. The topological polar surface area (TPSA) is 74.8 Å². The number of hydrogen-bond donors (Lipinski definition) is 3. The van der Waals surface area contributed by atoms with E-state index in [9.17, 15) is 4.79 Å². The maximum Gasteiger partial charge on any atom is 0.226 e. The van der Waals surface area contributed by atoms with Crippen LogP contribution >= 0.6 is 39.9 Å². The number of amides is 1. The number of ether oxygens (including phenoxy) is 1. The van der Waals surface area contributed by atoms with Crippen molar-refractivity contribution in [1.82, 2.24) is 10.6 Å². The van der Waals surface area contributed by atoms with E-state index in [1.54, 1.807) is 0 Å². The first-order chi connectivity index (χ1) is 12.7. The van der Waals surface area contributed by atoms with Crippen molar-refractivity contribution in [2.75, 3.05) is 38.2 Å². The van der Waals surface area contributed by atoms with Gasteiger partial charge in [-0.3, -0.25) is 9.79 Å². The number of rotatable bonds is 11. The summed E-state index contributed by atoms with van der Waals surface area (Å²) in [5.74, 6) is 1.52. The maximum atomic E-state index is 12.0. The average molecular weight is 553 g/mol. The van der Waals surface area contributed by atoms with Gasteiger partial charge in [0.25, 0.3) is 0 Å². The van der Waals surface area contributed by atoms with E-state index in [1.807, 2.05) is 31.2 Å². The summed E-state index contributed by atoms with van der Waals surface area (Å²) in [6.07, 6.45) is 3.93. The molecule has 1 aliphatic rings. The average Bonchev–Trinajstić information content (AvgIpc) is 3.44. The molecule has 0 aliphatic heterocycles. The van der Waals surface area contributed by atoms with Crippen molar-refractivity contribution in [3.63, 3.8) is 0 Å². The lowest BCUT2D eigenvalue weighted by molar-refractivity contribution is -0.116. The molecule has 0 spiro atoms. The number of aliphatic imine (C=N–C) groups is 1. The minimum Gasteiger partial charge on any atom is -0.381 e. The van der Waals surface area contributed by atoms with Gasteiger partial charge < -0.3 is 20.7 Å². The molecule has 1 aromatic carbocycles. The number of carbonyl (C=O) groups is 1. The molecule has 1 amide bonds. The van der Waals surface area contributed by atoms with Crippen LogP contribution in [0.4, 0.5) is 5.69 Å². The van der Waals surface area contributed by atoms with Crippen LogP contribution in [0.2, 0.25) is 0 Å². The van der Waals surface area contributed by atoms with Crippen LogP contribution in [0.15, 0.2) is 33.7 Å². The van der Waals surface area contributed by atoms with Gasteiger partial charge in [0, 0.05) is 49.4 Å². The molecule has 0 atom stereocenters. The Morgan fingerprint density at radius 2 is 2.00 bits per heavy atom. The summed E-state index contributed by atoms with van der Waals surface area (Å²) >= 11 is 3.38. The van der Waals surface area contributed by atoms with Gasteiger partial charge in [-0.15, -0.1) is 24.0 Å². The monoisotopic (exact) mass is 552 g/mol. The number of halogens is 2. The normalized spacial score (nSPS) is 13.6. The smallest absolute Gasteiger partial charge is 0.226 e. The Morgan fingerprint density at radius 3 is 2.67 bits per heavy atom. The highest BCUT2D eigenvalue weighted by molar-refractivity contribution is 14.0.